The predicted molar refractivity (Wildman–Crippen MR) is 104 cm³/mol. The van der Waals surface area contributed by atoms with Crippen molar-refractivity contribution < 1.29 is 32.2 Å². The number of fused-ring (bicyclic) bond motifs is 2. The van der Waals surface area contributed by atoms with Gasteiger partial charge >= 0.3 is 12.4 Å². The number of nitrogens with one attached hydrogen (secondary N) is 1. The molecule has 4 rings (SSSR count). The lowest BCUT2D eigenvalue weighted by atomic mass is 9.96. The molecular weight excluding hydrogens is 417 g/mol. The molecule has 1 aromatic carbocycles. The van der Waals surface area contributed by atoms with Gasteiger partial charge in [0.15, 0.2) is 0 Å². The molecule has 0 radical (unpaired) electrons. The van der Waals surface area contributed by atoms with Gasteiger partial charge in [0, 0.05) is 44.7 Å². The fraction of sp³-hybridized carbons (Fsp3) is 0.600. The molecule has 31 heavy (non-hydrogen) atoms. The molecule has 0 saturated carbocycles. The number of urea groups is 1. The second kappa shape index (κ2) is 8.19. The van der Waals surface area contributed by atoms with Gasteiger partial charge in [0.2, 0.25) is 5.91 Å². The largest absolute Gasteiger partial charge is 0.573 e. The number of ether oxygens (including phenoxy) is 2. The van der Waals surface area contributed by atoms with Crippen LogP contribution in [0.1, 0.15) is 19.8 Å². The number of alkyl halides is 3. The fourth-order valence-corrected chi connectivity index (χ4v) is 4.87. The molecule has 3 fully saturated rings. The number of rotatable bonds is 3. The maximum absolute atomic E-state index is 13.1. The molecule has 8 nitrogen and oxygen atoms in total. The summed E-state index contributed by atoms with van der Waals surface area (Å²) in [5.74, 6) is -0.340. The van der Waals surface area contributed by atoms with Crippen LogP contribution in [-0.2, 0) is 9.53 Å². The Morgan fingerprint density at radius 3 is 2.52 bits per heavy atom. The first-order valence-corrected chi connectivity index (χ1v) is 10.3. The summed E-state index contributed by atoms with van der Waals surface area (Å²) in [5, 5.41) is 2.68. The van der Waals surface area contributed by atoms with E-state index in [1.807, 2.05) is 11.8 Å². The molecule has 1 N–H and O–H groups in total. The average molecular weight is 442 g/mol. The number of hydrogen-bond donors (Lipinski definition) is 1. The van der Waals surface area contributed by atoms with Crippen LogP contribution >= 0.6 is 0 Å². The summed E-state index contributed by atoms with van der Waals surface area (Å²) in [6.07, 6.45) is -3.27. The van der Waals surface area contributed by atoms with E-state index in [9.17, 15) is 22.8 Å². The van der Waals surface area contributed by atoms with E-state index in [0.717, 1.165) is 25.0 Å². The Kier molecular flexibility index (Phi) is 5.73. The van der Waals surface area contributed by atoms with Crippen LogP contribution in [0.4, 0.5) is 23.7 Å². The summed E-state index contributed by atoms with van der Waals surface area (Å²) in [6, 6.07) is 4.15. The zero-order chi connectivity index (χ0) is 22.2. The Morgan fingerprint density at radius 2 is 1.90 bits per heavy atom. The minimum Gasteiger partial charge on any atom is -0.406 e. The molecule has 0 aromatic heterocycles. The highest BCUT2D eigenvalue weighted by atomic mass is 19.4. The molecule has 3 amide bonds. The Hall–Kier alpha value is -2.53. The number of piperazine rings is 1. The average Bonchev–Trinajstić information content (AvgIpc) is 2.96. The van der Waals surface area contributed by atoms with Crippen LogP contribution in [0.15, 0.2) is 24.3 Å². The number of likely N-dealkylation sites (N-methyl/N-ethyl adjacent to an activating group) is 1. The number of amides is 3. The molecule has 3 aliphatic heterocycles. The number of nitrogens with zero attached hydrogens (tertiary/aromatic N) is 3. The van der Waals surface area contributed by atoms with Crippen molar-refractivity contribution >= 4 is 17.6 Å². The Labute approximate surface area is 177 Å². The first-order chi connectivity index (χ1) is 14.7. The van der Waals surface area contributed by atoms with E-state index in [4.69, 9.17) is 4.74 Å². The maximum Gasteiger partial charge on any atom is 0.573 e. The van der Waals surface area contributed by atoms with E-state index >= 15 is 0 Å². The molecule has 0 aliphatic carbocycles. The van der Waals surface area contributed by atoms with E-state index in [0.29, 0.717) is 38.5 Å². The zero-order valence-corrected chi connectivity index (χ0v) is 17.2. The smallest absolute Gasteiger partial charge is 0.406 e. The summed E-state index contributed by atoms with van der Waals surface area (Å²) in [4.78, 5) is 31.5. The first kappa shape index (κ1) is 21.7. The van der Waals surface area contributed by atoms with Crippen molar-refractivity contribution in [3.63, 3.8) is 0 Å². The number of halogens is 3. The van der Waals surface area contributed by atoms with Crippen molar-refractivity contribution in [1.82, 2.24) is 14.7 Å². The quantitative estimate of drug-likeness (QED) is 0.779. The molecule has 1 spiro atoms. The molecule has 1 atom stereocenters. The van der Waals surface area contributed by atoms with E-state index in [2.05, 4.69) is 15.0 Å². The van der Waals surface area contributed by atoms with E-state index < -0.39 is 18.4 Å². The summed E-state index contributed by atoms with van der Waals surface area (Å²) in [6.45, 7) is 5.05. The summed E-state index contributed by atoms with van der Waals surface area (Å²) in [7, 11) is 0. The molecule has 0 unspecified atom stereocenters. The lowest BCUT2D eigenvalue weighted by Gasteiger charge is -2.48. The third-order valence-corrected chi connectivity index (χ3v) is 6.20. The van der Waals surface area contributed by atoms with E-state index in [1.165, 1.54) is 12.1 Å². The van der Waals surface area contributed by atoms with Gasteiger partial charge in [-0.2, -0.15) is 0 Å². The van der Waals surface area contributed by atoms with Gasteiger partial charge in [-0.15, -0.1) is 13.2 Å². The molecular formula is C20H25F3N4O4. The molecule has 3 heterocycles. The van der Waals surface area contributed by atoms with Gasteiger partial charge in [-0.25, -0.2) is 4.79 Å². The highest BCUT2D eigenvalue weighted by Gasteiger charge is 2.57. The number of benzene rings is 1. The molecule has 3 aliphatic rings. The zero-order valence-electron chi connectivity index (χ0n) is 17.2. The van der Waals surface area contributed by atoms with Crippen LogP contribution in [0.5, 0.6) is 5.75 Å². The normalized spacial score (nSPS) is 23.7. The monoisotopic (exact) mass is 442 g/mol. The number of anilines is 1. The molecule has 170 valence electrons. The molecule has 0 bridgehead atoms. The Balaban J connectivity index is 1.41. The van der Waals surface area contributed by atoms with Crippen LogP contribution in [0, 0.1) is 0 Å². The number of hydrogen-bond acceptors (Lipinski definition) is 5. The van der Waals surface area contributed by atoms with Crippen molar-refractivity contribution in [1.29, 1.82) is 0 Å². The predicted octanol–water partition coefficient (Wildman–Crippen LogP) is 2.47. The lowest BCUT2D eigenvalue weighted by molar-refractivity contribution is -0.274. The second-order valence-corrected chi connectivity index (χ2v) is 7.83. The Bertz CT molecular complexity index is 827. The number of carbonyl (C=O) groups is 2. The van der Waals surface area contributed by atoms with Gasteiger partial charge in [0.1, 0.15) is 17.5 Å². The van der Waals surface area contributed by atoms with Crippen molar-refractivity contribution in [3.05, 3.63) is 24.3 Å². The highest BCUT2D eigenvalue weighted by Crippen LogP contribution is 2.41. The SMILES string of the molecule is CCN1C(=O)[C@H]2CN(C(=O)Nc3ccc(OC(F)(F)F)cc3)CCN2C12CCOCC2. The molecule has 1 aromatic rings. The van der Waals surface area contributed by atoms with Crippen molar-refractivity contribution in [3.8, 4) is 5.75 Å². The van der Waals surface area contributed by atoms with Gasteiger partial charge in [-0.05, 0) is 31.2 Å². The van der Waals surface area contributed by atoms with Gasteiger partial charge < -0.3 is 24.6 Å². The van der Waals surface area contributed by atoms with E-state index in [-0.39, 0.29) is 23.9 Å². The summed E-state index contributed by atoms with van der Waals surface area (Å²) in [5.41, 5.74) is 0.00168. The first-order valence-electron chi connectivity index (χ1n) is 10.3. The highest BCUT2D eigenvalue weighted by molar-refractivity contribution is 5.91. The van der Waals surface area contributed by atoms with Crippen LogP contribution in [0.3, 0.4) is 0 Å². The summed E-state index contributed by atoms with van der Waals surface area (Å²) < 4.78 is 46.2. The fourth-order valence-electron chi connectivity index (χ4n) is 4.87. The van der Waals surface area contributed by atoms with Crippen LogP contribution < -0.4 is 10.1 Å². The van der Waals surface area contributed by atoms with E-state index in [1.54, 1.807) is 4.90 Å². The van der Waals surface area contributed by atoms with Crippen molar-refractivity contribution in [2.45, 2.75) is 37.8 Å². The minimum atomic E-state index is -4.77. The van der Waals surface area contributed by atoms with Crippen molar-refractivity contribution in [2.75, 3.05) is 44.7 Å². The molecule has 3 saturated heterocycles. The second-order valence-electron chi connectivity index (χ2n) is 7.83. The number of carbonyl (C=O) groups excluding carboxylic acids is 2. The standard InChI is InChI=1S/C20H25F3N4O4/c1-2-26-17(28)16-13-25(9-10-27(16)19(26)7-11-30-12-8-19)18(29)24-14-3-5-15(6-4-14)31-20(21,22)23/h3-6,16H,2,7-13H2,1H3,(H,24,29)/t16-/m1/s1. The Morgan fingerprint density at radius 1 is 1.23 bits per heavy atom. The van der Waals surface area contributed by atoms with Gasteiger partial charge in [0.05, 0.1) is 13.2 Å². The van der Waals surface area contributed by atoms with Crippen LogP contribution in [-0.4, -0.2) is 84.1 Å². The van der Waals surface area contributed by atoms with Crippen LogP contribution in [0.2, 0.25) is 0 Å². The van der Waals surface area contributed by atoms with Gasteiger partial charge in [-0.3, -0.25) is 9.69 Å². The molecule has 11 heteroatoms. The van der Waals surface area contributed by atoms with Crippen LogP contribution in [0.25, 0.3) is 0 Å². The van der Waals surface area contributed by atoms with Crippen molar-refractivity contribution in [2.24, 2.45) is 0 Å². The third-order valence-electron chi connectivity index (χ3n) is 6.20. The van der Waals surface area contributed by atoms with Gasteiger partial charge in [0.25, 0.3) is 0 Å². The summed E-state index contributed by atoms with van der Waals surface area (Å²) >= 11 is 0. The maximum atomic E-state index is 13.1. The topological polar surface area (TPSA) is 74.4 Å². The minimum absolute atomic E-state index is 0.0237. The third kappa shape index (κ3) is 4.16. The lowest BCUT2D eigenvalue weighted by Crippen LogP contribution is -2.62. The van der Waals surface area contributed by atoms with Gasteiger partial charge in [-0.1, -0.05) is 0 Å².